The molecule has 1 saturated heterocycles. The van der Waals surface area contributed by atoms with Gasteiger partial charge in [-0.05, 0) is 42.6 Å². The summed E-state index contributed by atoms with van der Waals surface area (Å²) in [6.07, 6.45) is 2.60. The monoisotopic (exact) mass is 406 g/mol. The van der Waals surface area contributed by atoms with Gasteiger partial charge in [0.2, 0.25) is 0 Å². The minimum absolute atomic E-state index is 0.150. The van der Waals surface area contributed by atoms with Gasteiger partial charge in [0.15, 0.2) is 17.5 Å². The van der Waals surface area contributed by atoms with E-state index in [1.54, 1.807) is 23.6 Å². The van der Waals surface area contributed by atoms with E-state index in [0.29, 0.717) is 17.4 Å². The molecule has 146 valence electrons. The number of nitrogens with one attached hydrogen (secondary N) is 3. The number of aromatic nitrogens is 3. The summed E-state index contributed by atoms with van der Waals surface area (Å²) in [5, 5.41) is 11.8. The largest absolute Gasteiger partial charge is 0.365 e. The zero-order valence-corrected chi connectivity index (χ0v) is 16.3. The zero-order valence-electron chi connectivity index (χ0n) is 15.5. The predicted molar refractivity (Wildman–Crippen MR) is 115 cm³/mol. The van der Waals surface area contributed by atoms with Crippen molar-refractivity contribution in [2.45, 2.75) is 12.5 Å². The quantitative estimate of drug-likeness (QED) is 0.456. The smallest absolute Gasteiger partial charge is 0.176 e. The van der Waals surface area contributed by atoms with Gasteiger partial charge in [0.25, 0.3) is 0 Å². The molecule has 0 amide bonds. The molecule has 0 radical (unpaired) electrons. The molecule has 1 atom stereocenters. The summed E-state index contributed by atoms with van der Waals surface area (Å²) < 4.78 is 16.3. The van der Waals surface area contributed by atoms with E-state index in [-0.39, 0.29) is 5.82 Å². The second-order valence-corrected chi connectivity index (χ2v) is 7.79. The topological polar surface area (TPSA) is 74.8 Å². The van der Waals surface area contributed by atoms with E-state index >= 15 is 4.39 Å². The summed E-state index contributed by atoms with van der Waals surface area (Å²) >= 11 is 1.58. The van der Waals surface area contributed by atoms with E-state index in [9.17, 15) is 0 Å². The third kappa shape index (κ3) is 3.64. The van der Waals surface area contributed by atoms with Gasteiger partial charge >= 0.3 is 0 Å². The first-order valence-corrected chi connectivity index (χ1v) is 10.4. The maximum absolute atomic E-state index is 15.3. The Bertz CT molecular complexity index is 1140. The molecule has 8 heteroatoms. The third-order valence-corrected chi connectivity index (χ3v) is 5.78. The maximum atomic E-state index is 15.3. The van der Waals surface area contributed by atoms with Crippen molar-refractivity contribution in [3.05, 3.63) is 59.9 Å². The van der Waals surface area contributed by atoms with Crippen molar-refractivity contribution < 1.29 is 4.39 Å². The molecule has 3 N–H and O–H groups in total. The lowest BCUT2D eigenvalue weighted by Gasteiger charge is -2.14. The second kappa shape index (κ2) is 7.73. The predicted octanol–water partition coefficient (Wildman–Crippen LogP) is 4.41. The molecular weight excluding hydrogens is 387 g/mol. The van der Waals surface area contributed by atoms with Crippen LogP contribution in [0, 0.1) is 5.82 Å². The number of pyridine rings is 1. The molecule has 4 heterocycles. The van der Waals surface area contributed by atoms with Gasteiger partial charge in [0.05, 0.1) is 15.8 Å². The standard InChI is InChI=1S/C21H19FN6S/c22-17-15(7-10-24-20(17)25-13-4-2-1-3-5-13)19-27-16-8-11-29-18(16)21(28-19)26-14-6-9-23-12-14/h1-5,7-8,10-11,14,23H,6,9,12H2,(H,24,25)(H,26,27,28)/t14-/m1/s1. The van der Waals surface area contributed by atoms with Crippen LogP contribution in [-0.2, 0) is 0 Å². The highest BCUT2D eigenvalue weighted by Gasteiger charge is 2.20. The van der Waals surface area contributed by atoms with Crippen molar-refractivity contribution in [1.82, 2.24) is 20.3 Å². The van der Waals surface area contributed by atoms with E-state index in [1.165, 1.54) is 0 Å². The highest BCUT2D eigenvalue weighted by molar-refractivity contribution is 7.17. The Morgan fingerprint density at radius 3 is 2.79 bits per heavy atom. The minimum Gasteiger partial charge on any atom is -0.365 e. The number of fused-ring (bicyclic) bond motifs is 1. The van der Waals surface area contributed by atoms with Crippen LogP contribution in [0.2, 0.25) is 0 Å². The molecule has 1 fully saturated rings. The molecule has 1 aliphatic heterocycles. The molecule has 6 nitrogen and oxygen atoms in total. The lowest BCUT2D eigenvalue weighted by atomic mass is 10.2. The van der Waals surface area contributed by atoms with Gasteiger partial charge in [-0.25, -0.2) is 19.3 Å². The van der Waals surface area contributed by atoms with E-state index in [0.717, 1.165) is 41.2 Å². The Hall–Kier alpha value is -3.10. The van der Waals surface area contributed by atoms with Crippen LogP contribution in [-0.4, -0.2) is 34.1 Å². The molecule has 0 saturated carbocycles. The van der Waals surface area contributed by atoms with Crippen molar-refractivity contribution in [3.63, 3.8) is 0 Å². The first kappa shape index (κ1) is 18.0. The molecular formula is C21H19FN6S. The Morgan fingerprint density at radius 2 is 1.97 bits per heavy atom. The highest BCUT2D eigenvalue weighted by Crippen LogP contribution is 2.32. The summed E-state index contributed by atoms with van der Waals surface area (Å²) in [7, 11) is 0. The fraction of sp³-hybridized carbons (Fsp3) is 0.190. The molecule has 1 aromatic carbocycles. The third-order valence-electron chi connectivity index (χ3n) is 4.87. The van der Waals surface area contributed by atoms with Crippen LogP contribution in [0.1, 0.15) is 6.42 Å². The van der Waals surface area contributed by atoms with E-state index in [1.807, 2.05) is 41.8 Å². The SMILES string of the molecule is Fc1c(-c2nc(N[C@@H]3CCNC3)c3sccc3n2)ccnc1Nc1ccccc1. The zero-order chi connectivity index (χ0) is 19.6. The number of hydrogen-bond donors (Lipinski definition) is 3. The van der Waals surface area contributed by atoms with Gasteiger partial charge in [-0.2, -0.15) is 0 Å². The van der Waals surface area contributed by atoms with E-state index in [2.05, 4.69) is 30.9 Å². The van der Waals surface area contributed by atoms with Gasteiger partial charge in [-0.1, -0.05) is 18.2 Å². The minimum atomic E-state index is -0.473. The summed E-state index contributed by atoms with van der Waals surface area (Å²) in [5.74, 6) is 0.777. The Balaban J connectivity index is 1.54. The molecule has 3 aromatic heterocycles. The summed E-state index contributed by atoms with van der Waals surface area (Å²) in [6, 6.07) is 13.2. The van der Waals surface area contributed by atoms with Gasteiger partial charge in [-0.3, -0.25) is 0 Å². The number of thiophene rings is 1. The van der Waals surface area contributed by atoms with Gasteiger partial charge < -0.3 is 16.0 Å². The van der Waals surface area contributed by atoms with Crippen LogP contribution in [0.15, 0.2) is 54.0 Å². The van der Waals surface area contributed by atoms with Crippen molar-refractivity contribution in [1.29, 1.82) is 0 Å². The van der Waals surface area contributed by atoms with Crippen LogP contribution < -0.4 is 16.0 Å². The molecule has 4 aromatic rings. The van der Waals surface area contributed by atoms with Crippen LogP contribution in [0.5, 0.6) is 0 Å². The Morgan fingerprint density at radius 1 is 1.07 bits per heavy atom. The molecule has 5 rings (SSSR count). The maximum Gasteiger partial charge on any atom is 0.176 e. The Kier molecular flexibility index (Phi) is 4.79. The van der Waals surface area contributed by atoms with Crippen LogP contribution >= 0.6 is 11.3 Å². The fourth-order valence-corrected chi connectivity index (χ4v) is 4.20. The number of halogens is 1. The summed E-state index contributed by atoms with van der Waals surface area (Å²) in [6.45, 7) is 1.87. The van der Waals surface area contributed by atoms with Crippen molar-refractivity contribution in [2.24, 2.45) is 0 Å². The van der Waals surface area contributed by atoms with E-state index < -0.39 is 5.82 Å². The molecule has 0 spiro atoms. The van der Waals surface area contributed by atoms with Crippen LogP contribution in [0.3, 0.4) is 0 Å². The highest BCUT2D eigenvalue weighted by atomic mass is 32.1. The molecule has 1 aliphatic rings. The molecule has 0 unspecified atom stereocenters. The van der Waals surface area contributed by atoms with Crippen molar-refractivity contribution >= 4 is 38.9 Å². The Labute approximate surface area is 171 Å². The lowest BCUT2D eigenvalue weighted by molar-refractivity contribution is 0.628. The molecule has 0 aliphatic carbocycles. The van der Waals surface area contributed by atoms with Gasteiger partial charge in [-0.15, -0.1) is 11.3 Å². The van der Waals surface area contributed by atoms with Gasteiger partial charge in [0.1, 0.15) is 5.82 Å². The normalized spacial score (nSPS) is 16.2. The average molecular weight is 406 g/mol. The van der Waals surface area contributed by atoms with Gasteiger partial charge in [0, 0.05) is 24.5 Å². The second-order valence-electron chi connectivity index (χ2n) is 6.88. The summed E-state index contributed by atoms with van der Waals surface area (Å²) in [5.41, 5.74) is 1.89. The fourth-order valence-electron chi connectivity index (χ4n) is 3.41. The molecule has 0 bridgehead atoms. The first-order chi connectivity index (χ1) is 14.3. The first-order valence-electron chi connectivity index (χ1n) is 9.47. The number of anilines is 3. The number of benzene rings is 1. The number of rotatable bonds is 5. The van der Waals surface area contributed by atoms with E-state index in [4.69, 9.17) is 0 Å². The lowest BCUT2D eigenvalue weighted by Crippen LogP contribution is -2.23. The van der Waals surface area contributed by atoms with Crippen LogP contribution in [0.25, 0.3) is 21.6 Å². The average Bonchev–Trinajstić information content (AvgIpc) is 3.42. The van der Waals surface area contributed by atoms with Crippen molar-refractivity contribution in [2.75, 3.05) is 23.7 Å². The van der Waals surface area contributed by atoms with Crippen molar-refractivity contribution in [3.8, 4) is 11.4 Å². The number of hydrogen-bond acceptors (Lipinski definition) is 7. The summed E-state index contributed by atoms with van der Waals surface area (Å²) in [4.78, 5) is 13.4. The van der Waals surface area contributed by atoms with Crippen LogP contribution in [0.4, 0.5) is 21.7 Å². The molecule has 29 heavy (non-hydrogen) atoms. The number of nitrogens with zero attached hydrogens (tertiary/aromatic N) is 3. The number of para-hydroxylation sites is 1.